The number of rotatable bonds is 2. The van der Waals surface area contributed by atoms with Crippen molar-refractivity contribution in [2.75, 3.05) is 11.9 Å². The highest BCUT2D eigenvalue weighted by Crippen LogP contribution is 2.23. The van der Waals surface area contributed by atoms with Gasteiger partial charge in [-0.3, -0.25) is 4.79 Å². The van der Waals surface area contributed by atoms with Crippen molar-refractivity contribution in [3.05, 3.63) is 63.4 Å². The Balaban J connectivity index is 2.34. The van der Waals surface area contributed by atoms with Gasteiger partial charge in [-0.2, -0.15) is 0 Å². The normalized spacial score (nSPS) is 10.4. The zero-order chi connectivity index (χ0) is 14.9. The Bertz CT molecular complexity index is 670. The molecule has 4 heteroatoms. The Morgan fingerprint density at radius 1 is 1.15 bits per heavy atom. The van der Waals surface area contributed by atoms with Crippen LogP contribution in [0.3, 0.4) is 0 Å². The van der Waals surface area contributed by atoms with Gasteiger partial charge in [0.15, 0.2) is 0 Å². The predicted molar refractivity (Wildman–Crippen MR) is 82.7 cm³/mol. The Hall–Kier alpha value is -1.68. The van der Waals surface area contributed by atoms with Crippen molar-refractivity contribution in [2.24, 2.45) is 0 Å². The quantitative estimate of drug-likeness (QED) is 0.792. The number of carbonyl (C=O) groups excluding carboxylic acids is 1. The van der Waals surface area contributed by atoms with E-state index in [1.54, 1.807) is 19.2 Å². The Morgan fingerprint density at radius 3 is 2.45 bits per heavy atom. The largest absolute Gasteiger partial charge is 0.311 e. The highest BCUT2D eigenvalue weighted by Gasteiger charge is 2.16. The van der Waals surface area contributed by atoms with Crippen LogP contribution in [0, 0.1) is 19.7 Å². The summed E-state index contributed by atoms with van der Waals surface area (Å²) in [6, 6.07) is 10.3. The Kier molecular flexibility index (Phi) is 4.23. The van der Waals surface area contributed by atoms with E-state index < -0.39 is 5.82 Å². The fourth-order valence-corrected chi connectivity index (χ4v) is 2.36. The molecule has 2 aromatic carbocycles. The Morgan fingerprint density at radius 2 is 1.85 bits per heavy atom. The highest BCUT2D eigenvalue weighted by atomic mass is 79.9. The zero-order valence-corrected chi connectivity index (χ0v) is 13.2. The van der Waals surface area contributed by atoms with Gasteiger partial charge in [0, 0.05) is 18.3 Å². The molecule has 0 saturated heterocycles. The molecule has 0 aliphatic heterocycles. The van der Waals surface area contributed by atoms with Gasteiger partial charge in [0.05, 0.1) is 4.47 Å². The number of nitrogens with zero attached hydrogens (tertiary/aromatic N) is 1. The van der Waals surface area contributed by atoms with Gasteiger partial charge in [-0.1, -0.05) is 17.7 Å². The molecule has 0 bridgehead atoms. The molecule has 0 unspecified atom stereocenters. The number of benzene rings is 2. The molecule has 2 nitrogen and oxygen atoms in total. The van der Waals surface area contributed by atoms with E-state index >= 15 is 0 Å². The molecule has 0 fully saturated rings. The van der Waals surface area contributed by atoms with E-state index in [-0.39, 0.29) is 5.91 Å². The molecule has 0 atom stereocenters. The third-order valence-electron chi connectivity index (χ3n) is 3.18. The molecular formula is C16H15BrFNO. The molecule has 0 aromatic heterocycles. The van der Waals surface area contributed by atoms with Crippen molar-refractivity contribution < 1.29 is 9.18 Å². The second kappa shape index (κ2) is 5.75. The zero-order valence-electron chi connectivity index (χ0n) is 11.6. The molecule has 0 radical (unpaired) electrons. The average molecular weight is 336 g/mol. The molecule has 2 rings (SSSR count). The van der Waals surface area contributed by atoms with Crippen molar-refractivity contribution in [3.8, 4) is 0 Å². The summed E-state index contributed by atoms with van der Waals surface area (Å²) in [6.45, 7) is 3.96. The van der Waals surface area contributed by atoms with Crippen LogP contribution in [0.15, 0.2) is 40.9 Å². The van der Waals surface area contributed by atoms with Crippen LogP contribution in [0.4, 0.5) is 10.1 Å². The first-order valence-corrected chi connectivity index (χ1v) is 7.00. The average Bonchev–Trinajstić information content (AvgIpc) is 2.40. The van der Waals surface area contributed by atoms with Crippen LogP contribution < -0.4 is 4.90 Å². The fraction of sp³-hybridized carbons (Fsp3) is 0.188. The van der Waals surface area contributed by atoms with Gasteiger partial charge in [-0.25, -0.2) is 4.39 Å². The highest BCUT2D eigenvalue weighted by molar-refractivity contribution is 9.10. The van der Waals surface area contributed by atoms with Crippen molar-refractivity contribution in [2.45, 2.75) is 13.8 Å². The van der Waals surface area contributed by atoms with Crippen LogP contribution in [0.25, 0.3) is 0 Å². The van der Waals surface area contributed by atoms with E-state index in [2.05, 4.69) is 15.9 Å². The number of amides is 1. The van der Waals surface area contributed by atoms with E-state index in [4.69, 9.17) is 0 Å². The van der Waals surface area contributed by atoms with Gasteiger partial charge in [-0.15, -0.1) is 0 Å². The minimum Gasteiger partial charge on any atom is -0.311 e. The van der Waals surface area contributed by atoms with Crippen LogP contribution in [-0.4, -0.2) is 13.0 Å². The summed E-state index contributed by atoms with van der Waals surface area (Å²) in [5.41, 5.74) is 3.30. The molecule has 0 saturated carbocycles. The van der Waals surface area contributed by atoms with E-state index in [9.17, 15) is 9.18 Å². The monoisotopic (exact) mass is 335 g/mol. The topological polar surface area (TPSA) is 20.3 Å². The Labute approximate surface area is 126 Å². The van der Waals surface area contributed by atoms with Crippen LogP contribution in [0.2, 0.25) is 0 Å². The minimum atomic E-state index is -0.440. The summed E-state index contributed by atoms with van der Waals surface area (Å²) in [5, 5.41) is 0. The van der Waals surface area contributed by atoms with Crippen molar-refractivity contribution in [1.82, 2.24) is 0 Å². The summed E-state index contributed by atoms with van der Waals surface area (Å²) in [6.07, 6.45) is 0. The summed E-state index contributed by atoms with van der Waals surface area (Å²) >= 11 is 3.08. The maximum Gasteiger partial charge on any atom is 0.258 e. The van der Waals surface area contributed by atoms with Crippen LogP contribution >= 0.6 is 15.9 Å². The number of hydrogen-bond acceptors (Lipinski definition) is 1. The molecular weight excluding hydrogens is 321 g/mol. The summed E-state index contributed by atoms with van der Waals surface area (Å²) in [7, 11) is 1.69. The maximum absolute atomic E-state index is 13.5. The number of carbonyl (C=O) groups is 1. The van der Waals surface area contributed by atoms with Gasteiger partial charge in [-0.05, 0) is 59.6 Å². The molecule has 20 heavy (non-hydrogen) atoms. The third-order valence-corrected chi connectivity index (χ3v) is 3.83. The fourth-order valence-electron chi connectivity index (χ4n) is 2.11. The SMILES string of the molecule is Cc1ccc(N(C)C(=O)c2ccc(Br)c(F)c2)c(C)c1. The van der Waals surface area contributed by atoms with Crippen molar-refractivity contribution >= 4 is 27.5 Å². The standard InChI is InChI=1S/C16H15BrFNO/c1-10-4-7-15(11(2)8-10)19(3)16(20)12-5-6-13(17)14(18)9-12/h4-9H,1-3H3. The van der Waals surface area contributed by atoms with Crippen molar-refractivity contribution in [1.29, 1.82) is 0 Å². The predicted octanol–water partition coefficient (Wildman–Crippen LogP) is 4.48. The number of anilines is 1. The molecule has 104 valence electrons. The molecule has 0 aliphatic carbocycles. The summed E-state index contributed by atoms with van der Waals surface area (Å²) < 4.78 is 13.9. The summed E-state index contributed by atoms with van der Waals surface area (Å²) in [4.78, 5) is 13.9. The molecule has 0 aliphatic rings. The number of hydrogen-bond donors (Lipinski definition) is 0. The van der Waals surface area contributed by atoms with Crippen molar-refractivity contribution in [3.63, 3.8) is 0 Å². The molecule has 0 N–H and O–H groups in total. The first-order valence-electron chi connectivity index (χ1n) is 6.20. The van der Waals surface area contributed by atoms with Crippen LogP contribution in [0.1, 0.15) is 21.5 Å². The molecule has 1 amide bonds. The van der Waals surface area contributed by atoms with Gasteiger partial charge >= 0.3 is 0 Å². The lowest BCUT2D eigenvalue weighted by Crippen LogP contribution is -2.27. The second-order valence-corrected chi connectivity index (χ2v) is 5.64. The van der Waals surface area contributed by atoms with E-state index in [1.165, 1.54) is 11.0 Å². The first-order chi connectivity index (χ1) is 9.40. The lowest BCUT2D eigenvalue weighted by atomic mass is 10.1. The van der Waals surface area contributed by atoms with Gasteiger partial charge in [0.1, 0.15) is 5.82 Å². The van der Waals surface area contributed by atoms with Crippen LogP contribution in [-0.2, 0) is 0 Å². The maximum atomic E-state index is 13.5. The third kappa shape index (κ3) is 2.90. The second-order valence-electron chi connectivity index (χ2n) is 4.78. The number of aryl methyl sites for hydroxylation is 2. The summed E-state index contributed by atoms with van der Waals surface area (Å²) in [5.74, 6) is -0.673. The number of halogens is 2. The van der Waals surface area contributed by atoms with Gasteiger partial charge in [0.25, 0.3) is 5.91 Å². The first kappa shape index (κ1) is 14.7. The van der Waals surface area contributed by atoms with E-state index in [1.807, 2.05) is 32.0 Å². The molecule has 2 aromatic rings. The molecule has 0 spiro atoms. The van der Waals surface area contributed by atoms with E-state index in [0.29, 0.717) is 10.0 Å². The van der Waals surface area contributed by atoms with Crippen LogP contribution in [0.5, 0.6) is 0 Å². The smallest absolute Gasteiger partial charge is 0.258 e. The lowest BCUT2D eigenvalue weighted by molar-refractivity contribution is 0.0992. The minimum absolute atomic E-state index is 0.233. The van der Waals surface area contributed by atoms with E-state index in [0.717, 1.165) is 16.8 Å². The van der Waals surface area contributed by atoms with Gasteiger partial charge in [0.2, 0.25) is 0 Å². The molecule has 0 heterocycles. The van der Waals surface area contributed by atoms with Gasteiger partial charge < -0.3 is 4.90 Å². The lowest BCUT2D eigenvalue weighted by Gasteiger charge is -2.20.